The summed E-state index contributed by atoms with van der Waals surface area (Å²) in [5.74, 6) is 0. The van der Waals surface area contributed by atoms with Crippen molar-refractivity contribution in [2.75, 3.05) is 0 Å². The van der Waals surface area contributed by atoms with E-state index in [9.17, 15) is 0 Å². The van der Waals surface area contributed by atoms with Crippen molar-refractivity contribution in [2.24, 2.45) is 0 Å². The minimum atomic E-state index is -0.366. The first kappa shape index (κ1) is 9.44. The lowest BCUT2D eigenvalue weighted by Crippen LogP contribution is -2.21. The van der Waals surface area contributed by atoms with Gasteiger partial charge in [0.25, 0.3) is 0 Å². The fourth-order valence-corrected chi connectivity index (χ4v) is 1.86. The Balaban J connectivity index is 2.78. The van der Waals surface area contributed by atoms with E-state index in [1.807, 2.05) is 0 Å². The highest BCUT2D eigenvalue weighted by atomic mass is 35.5. The van der Waals surface area contributed by atoms with Crippen LogP contribution in [0.4, 0.5) is 0 Å². The maximum atomic E-state index is 6.12. The van der Waals surface area contributed by atoms with Crippen LogP contribution in [0.5, 0.6) is 0 Å². The maximum Gasteiger partial charge on any atom is 0.0676 e. The van der Waals surface area contributed by atoms with Gasteiger partial charge in [0.1, 0.15) is 0 Å². The van der Waals surface area contributed by atoms with Gasteiger partial charge in [-0.25, -0.2) is 0 Å². The minimum absolute atomic E-state index is 0.366. The van der Waals surface area contributed by atoms with E-state index in [2.05, 4.69) is 6.58 Å². The summed E-state index contributed by atoms with van der Waals surface area (Å²) >= 11 is 17.8. The summed E-state index contributed by atoms with van der Waals surface area (Å²) in [7, 11) is 0. The molecular formula is C8H9Cl3. The fraction of sp³-hybridized carbons (Fsp3) is 0.500. The van der Waals surface area contributed by atoms with Crippen LogP contribution < -0.4 is 0 Å². The zero-order chi connectivity index (χ0) is 8.48. The van der Waals surface area contributed by atoms with Crippen LogP contribution >= 0.6 is 34.8 Å². The highest BCUT2D eigenvalue weighted by molar-refractivity contribution is 6.40. The third kappa shape index (κ3) is 2.14. The van der Waals surface area contributed by atoms with Gasteiger partial charge in [0, 0.05) is 16.5 Å². The lowest BCUT2D eigenvalue weighted by atomic mass is 9.93. The van der Waals surface area contributed by atoms with E-state index in [4.69, 9.17) is 34.8 Å². The molecule has 1 aliphatic rings. The first-order valence-corrected chi connectivity index (χ1v) is 4.56. The van der Waals surface area contributed by atoms with Gasteiger partial charge >= 0.3 is 0 Å². The van der Waals surface area contributed by atoms with Crippen LogP contribution in [0.25, 0.3) is 0 Å². The Labute approximate surface area is 81.8 Å². The van der Waals surface area contributed by atoms with Gasteiger partial charge in [-0.1, -0.05) is 29.3 Å². The number of halogens is 3. The molecular weight excluding hydrogens is 202 g/mol. The lowest BCUT2D eigenvalue weighted by Gasteiger charge is -2.27. The number of hydrogen-bond donors (Lipinski definition) is 0. The highest BCUT2D eigenvalue weighted by Crippen LogP contribution is 2.40. The third-order valence-electron chi connectivity index (χ3n) is 1.87. The second-order valence-corrected chi connectivity index (χ2v) is 4.39. The van der Waals surface area contributed by atoms with E-state index in [1.165, 1.54) is 0 Å². The topological polar surface area (TPSA) is 0 Å². The Bertz CT molecular complexity index is 207. The molecule has 0 radical (unpaired) electrons. The quantitative estimate of drug-likeness (QED) is 0.454. The largest absolute Gasteiger partial charge is 0.114 e. The maximum absolute atomic E-state index is 6.12. The zero-order valence-corrected chi connectivity index (χ0v) is 8.31. The average molecular weight is 212 g/mol. The molecule has 1 unspecified atom stereocenters. The highest BCUT2D eigenvalue weighted by Gasteiger charge is 2.29. The van der Waals surface area contributed by atoms with Gasteiger partial charge in [-0.05, 0) is 12.8 Å². The van der Waals surface area contributed by atoms with Crippen molar-refractivity contribution >= 4 is 34.8 Å². The monoisotopic (exact) mass is 210 g/mol. The van der Waals surface area contributed by atoms with Crippen molar-refractivity contribution in [3.63, 3.8) is 0 Å². The second kappa shape index (κ2) is 3.38. The van der Waals surface area contributed by atoms with Gasteiger partial charge in [0.15, 0.2) is 0 Å². The normalized spacial score (nSPS) is 32.3. The van der Waals surface area contributed by atoms with Gasteiger partial charge in [0.05, 0.1) is 4.87 Å². The van der Waals surface area contributed by atoms with Gasteiger partial charge in [-0.15, -0.1) is 18.2 Å². The molecule has 0 spiro atoms. The summed E-state index contributed by atoms with van der Waals surface area (Å²) in [6, 6.07) is 0. The standard InChI is InChI=1S/C8H9Cl3/c1-2-8(11)4-3-6(9)7(10)5-8/h2H,1,3-5H2. The molecule has 0 saturated heterocycles. The van der Waals surface area contributed by atoms with Crippen LogP contribution in [0.3, 0.4) is 0 Å². The first-order valence-electron chi connectivity index (χ1n) is 3.43. The van der Waals surface area contributed by atoms with Gasteiger partial charge in [0.2, 0.25) is 0 Å². The number of rotatable bonds is 1. The van der Waals surface area contributed by atoms with Crippen molar-refractivity contribution in [3.8, 4) is 0 Å². The van der Waals surface area contributed by atoms with Crippen LogP contribution in [-0.2, 0) is 0 Å². The zero-order valence-electron chi connectivity index (χ0n) is 6.04. The molecule has 0 aromatic rings. The van der Waals surface area contributed by atoms with E-state index in [0.717, 1.165) is 17.9 Å². The van der Waals surface area contributed by atoms with Crippen LogP contribution in [0.2, 0.25) is 0 Å². The first-order chi connectivity index (χ1) is 5.07. The van der Waals surface area contributed by atoms with Crippen molar-refractivity contribution < 1.29 is 0 Å². The van der Waals surface area contributed by atoms with E-state index >= 15 is 0 Å². The van der Waals surface area contributed by atoms with E-state index in [1.54, 1.807) is 6.08 Å². The average Bonchev–Trinajstić information content (AvgIpc) is 1.98. The summed E-state index contributed by atoms with van der Waals surface area (Å²) in [5, 5.41) is 1.41. The Hall–Kier alpha value is 0.350. The van der Waals surface area contributed by atoms with Crippen LogP contribution in [0, 0.1) is 0 Å². The molecule has 1 atom stereocenters. The van der Waals surface area contributed by atoms with Crippen LogP contribution in [0.1, 0.15) is 19.3 Å². The van der Waals surface area contributed by atoms with Crippen molar-refractivity contribution in [1.82, 2.24) is 0 Å². The molecule has 0 bridgehead atoms. The minimum Gasteiger partial charge on any atom is -0.114 e. The van der Waals surface area contributed by atoms with Gasteiger partial charge in [-0.3, -0.25) is 0 Å². The molecule has 0 nitrogen and oxygen atoms in total. The Morgan fingerprint density at radius 3 is 2.45 bits per heavy atom. The Morgan fingerprint density at radius 1 is 1.36 bits per heavy atom. The molecule has 0 heterocycles. The molecule has 0 aromatic carbocycles. The van der Waals surface area contributed by atoms with Crippen molar-refractivity contribution in [3.05, 3.63) is 22.7 Å². The number of hydrogen-bond acceptors (Lipinski definition) is 0. The van der Waals surface area contributed by atoms with Gasteiger partial charge in [-0.2, -0.15) is 0 Å². The summed E-state index contributed by atoms with van der Waals surface area (Å²) in [4.78, 5) is -0.366. The molecule has 1 aliphatic carbocycles. The molecule has 11 heavy (non-hydrogen) atoms. The predicted molar refractivity (Wildman–Crippen MR) is 51.4 cm³/mol. The summed E-state index contributed by atoms with van der Waals surface area (Å²) < 4.78 is 0. The summed E-state index contributed by atoms with van der Waals surface area (Å²) in [6.07, 6.45) is 3.93. The molecule has 0 aliphatic heterocycles. The molecule has 62 valence electrons. The third-order valence-corrected chi connectivity index (χ3v) is 3.22. The molecule has 0 saturated carbocycles. The summed E-state index contributed by atoms with van der Waals surface area (Å²) in [6.45, 7) is 3.66. The Kier molecular flexibility index (Phi) is 2.90. The van der Waals surface area contributed by atoms with Crippen molar-refractivity contribution in [1.29, 1.82) is 0 Å². The molecule has 0 N–H and O–H groups in total. The van der Waals surface area contributed by atoms with E-state index < -0.39 is 0 Å². The van der Waals surface area contributed by atoms with Gasteiger partial charge < -0.3 is 0 Å². The number of alkyl halides is 1. The molecule has 3 heteroatoms. The van der Waals surface area contributed by atoms with E-state index in [0.29, 0.717) is 11.5 Å². The molecule has 0 fully saturated rings. The number of allylic oxidation sites excluding steroid dienone is 3. The Morgan fingerprint density at radius 2 is 2.00 bits per heavy atom. The van der Waals surface area contributed by atoms with Crippen molar-refractivity contribution in [2.45, 2.75) is 24.1 Å². The van der Waals surface area contributed by atoms with E-state index in [-0.39, 0.29) is 4.87 Å². The lowest BCUT2D eigenvalue weighted by molar-refractivity contribution is 0.610. The predicted octanol–water partition coefficient (Wildman–Crippen LogP) is 4.02. The SMILES string of the molecule is C=CC1(Cl)CCC(Cl)=C(Cl)C1. The smallest absolute Gasteiger partial charge is 0.0676 e. The molecule has 1 rings (SSSR count). The van der Waals surface area contributed by atoms with Crippen LogP contribution in [-0.4, -0.2) is 4.87 Å². The molecule has 0 amide bonds. The second-order valence-electron chi connectivity index (χ2n) is 2.73. The fourth-order valence-electron chi connectivity index (χ4n) is 1.07. The summed E-state index contributed by atoms with van der Waals surface area (Å²) in [5.41, 5.74) is 0. The molecule has 0 aromatic heterocycles. The van der Waals surface area contributed by atoms with Crippen LogP contribution in [0.15, 0.2) is 22.7 Å².